The summed E-state index contributed by atoms with van der Waals surface area (Å²) in [6.07, 6.45) is 0. The lowest BCUT2D eigenvalue weighted by molar-refractivity contribution is -0.0515. The van der Waals surface area contributed by atoms with E-state index in [2.05, 4.69) is 10.1 Å². The van der Waals surface area contributed by atoms with Gasteiger partial charge >= 0.3 is 6.61 Å². The molecule has 0 saturated heterocycles. The van der Waals surface area contributed by atoms with E-state index in [0.29, 0.717) is 6.54 Å². The molecule has 1 unspecified atom stereocenters. The minimum absolute atomic E-state index is 0.00309. The molecule has 0 spiro atoms. The summed E-state index contributed by atoms with van der Waals surface area (Å²) in [5.41, 5.74) is 0.00309. The van der Waals surface area contributed by atoms with E-state index in [4.69, 9.17) is 4.74 Å². The van der Waals surface area contributed by atoms with E-state index in [1.54, 1.807) is 17.4 Å². The van der Waals surface area contributed by atoms with Gasteiger partial charge in [-0.2, -0.15) is 8.78 Å². The average molecular weight is 370 g/mol. The highest BCUT2D eigenvalue weighted by molar-refractivity contribution is 7.10. The van der Waals surface area contributed by atoms with Gasteiger partial charge in [-0.3, -0.25) is 4.79 Å². The molecule has 0 saturated carbocycles. The van der Waals surface area contributed by atoms with Crippen LogP contribution in [0.3, 0.4) is 0 Å². The van der Waals surface area contributed by atoms with Crippen molar-refractivity contribution in [3.8, 4) is 11.5 Å². The molecular weight excluding hydrogens is 350 g/mol. The molecule has 0 bridgehead atoms. The number of amides is 1. The smallest absolute Gasteiger partial charge is 0.387 e. The maximum Gasteiger partial charge on any atom is 0.387 e. The van der Waals surface area contributed by atoms with E-state index in [0.717, 1.165) is 4.88 Å². The van der Waals surface area contributed by atoms with Crippen molar-refractivity contribution in [1.82, 2.24) is 10.2 Å². The minimum Gasteiger partial charge on any atom is -0.493 e. The number of para-hydroxylation sites is 1. The molecule has 136 valence electrons. The molecule has 2 rings (SSSR count). The van der Waals surface area contributed by atoms with Gasteiger partial charge < -0.3 is 19.7 Å². The number of carbonyl (C=O) groups excluding carboxylic acids is 1. The van der Waals surface area contributed by atoms with Crippen LogP contribution in [0.25, 0.3) is 0 Å². The van der Waals surface area contributed by atoms with Crippen molar-refractivity contribution in [1.29, 1.82) is 0 Å². The number of halogens is 2. The summed E-state index contributed by atoms with van der Waals surface area (Å²) >= 11 is 1.59. The molecule has 1 N–H and O–H groups in total. The molecule has 0 radical (unpaired) electrons. The zero-order chi connectivity index (χ0) is 18.4. The molecule has 8 heteroatoms. The lowest BCUT2D eigenvalue weighted by atomic mass is 10.1. The summed E-state index contributed by atoms with van der Waals surface area (Å²) < 4.78 is 34.8. The maximum atomic E-state index is 12.7. The quantitative estimate of drug-likeness (QED) is 0.774. The molecule has 5 nitrogen and oxygen atoms in total. The van der Waals surface area contributed by atoms with Crippen LogP contribution in [0.4, 0.5) is 8.78 Å². The zero-order valence-corrected chi connectivity index (χ0v) is 15.0. The Morgan fingerprint density at radius 2 is 2.04 bits per heavy atom. The summed E-state index contributed by atoms with van der Waals surface area (Å²) in [4.78, 5) is 15.6. The van der Waals surface area contributed by atoms with Crippen LogP contribution in [0, 0.1) is 0 Å². The Morgan fingerprint density at radius 3 is 2.60 bits per heavy atom. The summed E-state index contributed by atoms with van der Waals surface area (Å²) in [5.74, 6) is -0.691. The lowest BCUT2D eigenvalue weighted by Crippen LogP contribution is -2.34. The van der Waals surface area contributed by atoms with Gasteiger partial charge in [0.25, 0.3) is 5.91 Å². The first kappa shape index (κ1) is 19.1. The second-order valence-corrected chi connectivity index (χ2v) is 6.40. The normalized spacial score (nSPS) is 12.3. The highest BCUT2D eigenvalue weighted by atomic mass is 32.1. The Hall–Kier alpha value is -2.19. The first-order valence-electron chi connectivity index (χ1n) is 7.54. The number of likely N-dealkylation sites (N-methyl/N-ethyl adjacent to an activating group) is 1. The zero-order valence-electron chi connectivity index (χ0n) is 14.2. The van der Waals surface area contributed by atoms with E-state index in [1.807, 2.05) is 36.5 Å². The van der Waals surface area contributed by atoms with Crippen molar-refractivity contribution in [2.24, 2.45) is 0 Å². The molecule has 0 aliphatic rings. The number of alkyl halides is 2. The third kappa shape index (κ3) is 4.90. The monoisotopic (exact) mass is 370 g/mol. The minimum atomic E-state index is -3.05. The topological polar surface area (TPSA) is 50.8 Å². The van der Waals surface area contributed by atoms with E-state index in [9.17, 15) is 13.6 Å². The predicted molar refractivity (Wildman–Crippen MR) is 92.7 cm³/mol. The van der Waals surface area contributed by atoms with Crippen molar-refractivity contribution in [2.45, 2.75) is 12.7 Å². The Morgan fingerprint density at radius 1 is 1.28 bits per heavy atom. The molecule has 0 aliphatic heterocycles. The Balaban J connectivity index is 2.17. The van der Waals surface area contributed by atoms with Gasteiger partial charge in [-0.25, -0.2) is 0 Å². The summed E-state index contributed by atoms with van der Waals surface area (Å²) in [5, 5.41) is 4.74. The number of hydrogen-bond donors (Lipinski definition) is 1. The standard InChI is InChI=1S/C17H20F2N2O3S/c1-21(2)12(14-8-5-9-25-14)10-20-16(22)11-6-4-7-13(23-3)15(11)24-17(18)19/h4-9,12,17H,10H2,1-3H3,(H,20,22). The van der Waals surface area contributed by atoms with Crippen LogP contribution in [0.2, 0.25) is 0 Å². The summed E-state index contributed by atoms with van der Waals surface area (Å²) in [6, 6.07) is 8.34. The van der Waals surface area contributed by atoms with Crippen molar-refractivity contribution < 1.29 is 23.0 Å². The van der Waals surface area contributed by atoms with Crippen LogP contribution in [-0.2, 0) is 0 Å². The number of nitrogens with one attached hydrogen (secondary N) is 1. The number of hydrogen-bond acceptors (Lipinski definition) is 5. The summed E-state index contributed by atoms with van der Waals surface area (Å²) in [6.45, 7) is -2.72. The van der Waals surface area contributed by atoms with Crippen molar-refractivity contribution in [3.63, 3.8) is 0 Å². The van der Waals surface area contributed by atoms with E-state index in [1.165, 1.54) is 19.2 Å². The van der Waals surface area contributed by atoms with Crippen molar-refractivity contribution in [2.75, 3.05) is 27.7 Å². The molecule has 1 heterocycles. The molecule has 2 aromatic rings. The Labute approximate surface area is 149 Å². The first-order valence-corrected chi connectivity index (χ1v) is 8.41. The van der Waals surface area contributed by atoms with Crippen LogP contribution >= 0.6 is 11.3 Å². The highest BCUT2D eigenvalue weighted by Gasteiger charge is 2.22. The summed E-state index contributed by atoms with van der Waals surface area (Å²) in [7, 11) is 5.15. The molecule has 1 atom stereocenters. The van der Waals surface area contributed by atoms with Crippen LogP contribution < -0.4 is 14.8 Å². The third-order valence-electron chi connectivity index (χ3n) is 3.60. The molecule has 0 aliphatic carbocycles. The van der Waals surface area contributed by atoms with Gasteiger partial charge in [0.15, 0.2) is 11.5 Å². The van der Waals surface area contributed by atoms with Gasteiger partial charge in [0, 0.05) is 11.4 Å². The maximum absolute atomic E-state index is 12.7. The fraction of sp³-hybridized carbons (Fsp3) is 0.353. The molecule has 25 heavy (non-hydrogen) atoms. The van der Waals surface area contributed by atoms with Crippen LogP contribution in [0.5, 0.6) is 11.5 Å². The number of thiophene rings is 1. The van der Waals surface area contributed by atoms with Gasteiger partial charge in [-0.1, -0.05) is 12.1 Å². The number of nitrogens with zero attached hydrogens (tertiary/aromatic N) is 1. The fourth-order valence-electron chi connectivity index (χ4n) is 2.37. The van der Waals surface area contributed by atoms with Gasteiger partial charge in [0.2, 0.25) is 0 Å². The lowest BCUT2D eigenvalue weighted by Gasteiger charge is -2.24. The van der Waals surface area contributed by atoms with E-state index < -0.39 is 12.5 Å². The van der Waals surface area contributed by atoms with Crippen molar-refractivity contribution >= 4 is 17.2 Å². The number of ether oxygens (including phenoxy) is 2. The number of methoxy groups -OCH3 is 1. The number of rotatable bonds is 8. The van der Waals surface area contributed by atoms with Crippen LogP contribution in [0.1, 0.15) is 21.3 Å². The van der Waals surface area contributed by atoms with E-state index in [-0.39, 0.29) is 23.1 Å². The van der Waals surface area contributed by atoms with E-state index >= 15 is 0 Å². The van der Waals surface area contributed by atoms with Crippen LogP contribution in [-0.4, -0.2) is 45.2 Å². The molecular formula is C17H20F2N2O3S. The van der Waals surface area contributed by atoms with Gasteiger partial charge in [-0.05, 0) is 37.7 Å². The highest BCUT2D eigenvalue weighted by Crippen LogP contribution is 2.32. The SMILES string of the molecule is COc1cccc(C(=O)NCC(c2cccs2)N(C)C)c1OC(F)F. The fourth-order valence-corrected chi connectivity index (χ4v) is 3.29. The molecule has 1 aromatic carbocycles. The average Bonchev–Trinajstić information content (AvgIpc) is 3.08. The Kier molecular flexibility index (Phi) is 6.72. The Bertz CT molecular complexity index is 693. The van der Waals surface area contributed by atoms with Gasteiger partial charge in [0.1, 0.15) is 0 Å². The molecule has 1 amide bonds. The number of benzene rings is 1. The third-order valence-corrected chi connectivity index (χ3v) is 4.57. The van der Waals surface area contributed by atoms with Gasteiger partial charge in [0.05, 0.1) is 18.7 Å². The molecule has 1 aromatic heterocycles. The number of carbonyl (C=O) groups is 1. The predicted octanol–water partition coefficient (Wildman–Crippen LogP) is 3.39. The first-order chi connectivity index (χ1) is 11.9. The second kappa shape index (κ2) is 8.77. The van der Waals surface area contributed by atoms with Gasteiger partial charge in [-0.15, -0.1) is 11.3 Å². The van der Waals surface area contributed by atoms with Crippen molar-refractivity contribution in [3.05, 3.63) is 46.2 Å². The second-order valence-electron chi connectivity index (χ2n) is 5.42. The van der Waals surface area contributed by atoms with Crippen LogP contribution in [0.15, 0.2) is 35.7 Å². The molecule has 0 fully saturated rings. The largest absolute Gasteiger partial charge is 0.493 e.